The molecule has 0 aliphatic carbocycles. The molecule has 1 heterocycles. The van der Waals surface area contributed by atoms with Gasteiger partial charge in [-0.25, -0.2) is 0 Å². The van der Waals surface area contributed by atoms with Gasteiger partial charge in [-0.2, -0.15) is 0 Å². The molecule has 0 aliphatic heterocycles. The van der Waals surface area contributed by atoms with Crippen molar-refractivity contribution in [3.05, 3.63) is 88.8 Å². The van der Waals surface area contributed by atoms with Gasteiger partial charge < -0.3 is 14.1 Å². The van der Waals surface area contributed by atoms with Crippen LogP contribution in [0.2, 0.25) is 5.02 Å². The highest BCUT2D eigenvalue weighted by Gasteiger charge is 2.21. The number of nitrogens with zero attached hydrogens (tertiary/aromatic N) is 1. The number of carbonyl (C=O) groups is 1. The van der Waals surface area contributed by atoms with Crippen LogP contribution in [0.1, 0.15) is 28.6 Å². The van der Waals surface area contributed by atoms with Crippen molar-refractivity contribution < 1.29 is 13.9 Å². The van der Waals surface area contributed by atoms with Crippen molar-refractivity contribution in [1.29, 1.82) is 0 Å². The van der Waals surface area contributed by atoms with E-state index in [-0.39, 0.29) is 5.91 Å². The van der Waals surface area contributed by atoms with Gasteiger partial charge in [-0.05, 0) is 48.9 Å². The van der Waals surface area contributed by atoms with Gasteiger partial charge >= 0.3 is 0 Å². The minimum absolute atomic E-state index is 0.120. The molecule has 0 atom stereocenters. The molecule has 0 radical (unpaired) electrons. The van der Waals surface area contributed by atoms with Crippen molar-refractivity contribution in [3.63, 3.8) is 0 Å². The lowest BCUT2D eigenvalue weighted by Crippen LogP contribution is -2.30. The van der Waals surface area contributed by atoms with Crippen LogP contribution in [0, 0.1) is 0 Å². The maximum Gasteiger partial charge on any atom is 0.258 e. The predicted molar refractivity (Wildman–Crippen MR) is 101 cm³/mol. The number of ether oxygens (including phenoxy) is 1. The van der Waals surface area contributed by atoms with Crippen molar-refractivity contribution >= 4 is 17.5 Å². The first-order valence-electron chi connectivity index (χ1n) is 8.45. The van der Waals surface area contributed by atoms with Crippen LogP contribution in [-0.2, 0) is 13.1 Å². The Hall–Kier alpha value is -2.72. The van der Waals surface area contributed by atoms with Gasteiger partial charge in [-0.15, -0.1) is 0 Å². The van der Waals surface area contributed by atoms with E-state index in [1.807, 2.05) is 55.5 Å². The third-order valence-electron chi connectivity index (χ3n) is 3.89. The highest BCUT2D eigenvalue weighted by atomic mass is 35.5. The number of rotatable bonds is 7. The fraction of sp³-hybridized carbons (Fsp3) is 0.190. The highest BCUT2D eigenvalue weighted by Crippen LogP contribution is 2.23. The first kappa shape index (κ1) is 18.1. The van der Waals surface area contributed by atoms with Crippen molar-refractivity contribution in [2.24, 2.45) is 0 Å². The summed E-state index contributed by atoms with van der Waals surface area (Å²) in [5, 5.41) is 0.641. The van der Waals surface area contributed by atoms with E-state index in [1.54, 1.807) is 23.3 Å². The quantitative estimate of drug-likeness (QED) is 0.576. The van der Waals surface area contributed by atoms with Crippen LogP contribution >= 0.6 is 11.6 Å². The van der Waals surface area contributed by atoms with E-state index in [9.17, 15) is 4.79 Å². The summed E-state index contributed by atoms with van der Waals surface area (Å²) in [5.74, 6) is 1.18. The van der Waals surface area contributed by atoms with E-state index >= 15 is 0 Å². The second-order valence-corrected chi connectivity index (χ2v) is 6.24. The lowest BCUT2D eigenvalue weighted by atomic mass is 10.1. The summed E-state index contributed by atoms with van der Waals surface area (Å²) in [4.78, 5) is 15.0. The molecule has 0 fully saturated rings. The Balaban J connectivity index is 1.90. The predicted octanol–water partition coefficient (Wildman–Crippen LogP) is 5.17. The van der Waals surface area contributed by atoms with Crippen LogP contribution in [0.5, 0.6) is 5.75 Å². The fourth-order valence-corrected chi connectivity index (χ4v) is 2.95. The molecule has 3 rings (SSSR count). The zero-order valence-corrected chi connectivity index (χ0v) is 15.3. The molecule has 0 bridgehead atoms. The second-order valence-electron chi connectivity index (χ2n) is 5.80. The molecule has 0 N–H and O–H groups in total. The molecule has 2 aromatic carbocycles. The van der Waals surface area contributed by atoms with Gasteiger partial charge in [-0.1, -0.05) is 35.9 Å². The van der Waals surface area contributed by atoms with E-state index in [1.165, 1.54) is 0 Å². The number of furan rings is 1. The molecule has 0 aliphatic rings. The maximum absolute atomic E-state index is 13.2. The molecule has 0 spiro atoms. The minimum atomic E-state index is -0.120. The zero-order valence-electron chi connectivity index (χ0n) is 14.5. The maximum atomic E-state index is 13.2. The van der Waals surface area contributed by atoms with E-state index in [0.29, 0.717) is 41.8 Å². The molecule has 0 unspecified atom stereocenters. The van der Waals surface area contributed by atoms with Gasteiger partial charge in [0.05, 0.1) is 25.0 Å². The summed E-state index contributed by atoms with van der Waals surface area (Å²) < 4.78 is 11.1. The summed E-state index contributed by atoms with van der Waals surface area (Å²) in [7, 11) is 0. The van der Waals surface area contributed by atoms with Gasteiger partial charge in [0, 0.05) is 11.6 Å². The number of hydrogen-bond acceptors (Lipinski definition) is 3. The molecule has 26 heavy (non-hydrogen) atoms. The third-order valence-corrected chi connectivity index (χ3v) is 4.13. The molecular formula is C21H20ClNO3. The normalized spacial score (nSPS) is 10.5. The van der Waals surface area contributed by atoms with Crippen molar-refractivity contribution in [3.8, 4) is 5.75 Å². The number of para-hydroxylation sites is 1. The number of hydrogen-bond donors (Lipinski definition) is 0. The Morgan fingerprint density at radius 3 is 2.65 bits per heavy atom. The van der Waals surface area contributed by atoms with Crippen LogP contribution in [0.4, 0.5) is 0 Å². The van der Waals surface area contributed by atoms with Gasteiger partial charge in [0.2, 0.25) is 0 Å². The molecule has 134 valence electrons. The van der Waals surface area contributed by atoms with Crippen LogP contribution < -0.4 is 4.74 Å². The largest absolute Gasteiger partial charge is 0.493 e. The van der Waals surface area contributed by atoms with Crippen LogP contribution in [0.15, 0.2) is 71.3 Å². The Labute approximate surface area is 158 Å². The topological polar surface area (TPSA) is 42.7 Å². The highest BCUT2D eigenvalue weighted by molar-refractivity contribution is 6.30. The third kappa shape index (κ3) is 4.46. The van der Waals surface area contributed by atoms with E-state index < -0.39 is 0 Å². The molecule has 1 aromatic heterocycles. The van der Waals surface area contributed by atoms with Gasteiger partial charge in [0.1, 0.15) is 11.5 Å². The van der Waals surface area contributed by atoms with Crippen molar-refractivity contribution in [2.45, 2.75) is 20.0 Å². The first-order valence-corrected chi connectivity index (χ1v) is 8.83. The Bertz CT molecular complexity index is 861. The molecule has 4 nitrogen and oxygen atoms in total. The first-order chi connectivity index (χ1) is 12.7. The zero-order chi connectivity index (χ0) is 18.4. The summed E-state index contributed by atoms with van der Waals surface area (Å²) in [6, 6.07) is 18.4. The van der Waals surface area contributed by atoms with Gasteiger partial charge in [-0.3, -0.25) is 4.79 Å². The minimum Gasteiger partial charge on any atom is -0.493 e. The van der Waals surface area contributed by atoms with E-state index in [0.717, 1.165) is 5.56 Å². The molecule has 1 amide bonds. The number of carbonyl (C=O) groups excluding carboxylic acids is 1. The van der Waals surface area contributed by atoms with Crippen LogP contribution in [0.25, 0.3) is 0 Å². The van der Waals surface area contributed by atoms with Crippen LogP contribution in [0.3, 0.4) is 0 Å². The van der Waals surface area contributed by atoms with Crippen molar-refractivity contribution in [2.75, 3.05) is 6.61 Å². The summed E-state index contributed by atoms with van der Waals surface area (Å²) >= 11 is 6.09. The monoisotopic (exact) mass is 369 g/mol. The van der Waals surface area contributed by atoms with Gasteiger partial charge in [0.15, 0.2) is 0 Å². The fourth-order valence-electron chi connectivity index (χ4n) is 2.74. The lowest BCUT2D eigenvalue weighted by molar-refractivity contribution is 0.0713. The Kier molecular flexibility index (Phi) is 5.97. The Morgan fingerprint density at radius 1 is 1.08 bits per heavy atom. The molecule has 3 aromatic rings. The van der Waals surface area contributed by atoms with E-state index in [2.05, 4.69) is 0 Å². The summed E-state index contributed by atoms with van der Waals surface area (Å²) in [6.45, 7) is 3.17. The Morgan fingerprint density at radius 2 is 1.92 bits per heavy atom. The second kappa shape index (κ2) is 8.59. The smallest absolute Gasteiger partial charge is 0.258 e. The molecule has 5 heteroatoms. The summed E-state index contributed by atoms with van der Waals surface area (Å²) in [6.07, 6.45) is 1.60. The molecular weight excluding hydrogens is 350 g/mol. The van der Waals surface area contributed by atoms with Crippen molar-refractivity contribution in [1.82, 2.24) is 4.90 Å². The average Bonchev–Trinajstić information content (AvgIpc) is 3.15. The molecule has 0 saturated heterocycles. The SMILES string of the molecule is CCOc1ccccc1C(=O)N(Cc1cccc(Cl)c1)Cc1ccco1. The number of amides is 1. The lowest BCUT2D eigenvalue weighted by Gasteiger charge is -2.23. The summed E-state index contributed by atoms with van der Waals surface area (Å²) in [5.41, 5.74) is 1.48. The van der Waals surface area contributed by atoms with Crippen LogP contribution in [-0.4, -0.2) is 17.4 Å². The number of halogens is 1. The number of benzene rings is 2. The standard InChI is InChI=1S/C21H20ClNO3/c1-2-25-20-11-4-3-10-19(20)21(24)23(15-18-9-6-12-26-18)14-16-7-5-8-17(22)13-16/h3-13H,2,14-15H2,1H3. The average molecular weight is 370 g/mol. The van der Waals surface area contributed by atoms with Gasteiger partial charge in [0.25, 0.3) is 5.91 Å². The molecule has 0 saturated carbocycles. The van der Waals surface area contributed by atoms with E-state index in [4.69, 9.17) is 20.8 Å².